The fourth-order valence-corrected chi connectivity index (χ4v) is 9.80. The van der Waals surface area contributed by atoms with Gasteiger partial charge in [0.25, 0.3) is 0 Å². The van der Waals surface area contributed by atoms with Crippen LogP contribution in [0.3, 0.4) is 0 Å². The van der Waals surface area contributed by atoms with E-state index in [0.29, 0.717) is 13.2 Å². The third-order valence-electron chi connectivity index (χ3n) is 7.34. The number of unbranched alkanes of at least 4 members (excludes halogenated alkanes) is 6. The molecule has 0 spiro atoms. The van der Waals surface area contributed by atoms with E-state index in [1.54, 1.807) is 22.7 Å². The van der Waals surface area contributed by atoms with E-state index < -0.39 is 33.6 Å². The molecule has 0 rings (SSSR count). The van der Waals surface area contributed by atoms with Gasteiger partial charge in [-0.3, -0.25) is 0 Å². The number of hydrogen-bond donors (Lipinski definition) is 2. The van der Waals surface area contributed by atoms with Crippen LogP contribution in [-0.4, -0.2) is 68.0 Å². The molecule has 0 N–H and O–H groups in total. The molecule has 0 radical (unpaired) electrons. The Kier molecular flexibility index (Phi) is 35.9. The van der Waals surface area contributed by atoms with Crippen LogP contribution in [0.4, 0.5) is 0 Å². The summed E-state index contributed by atoms with van der Waals surface area (Å²) in [5, 5.41) is 22.4. The predicted octanol–water partition coefficient (Wildman–Crippen LogP) is 7.51. The number of carboxylic acids is 2. The molecule has 256 valence electrons. The van der Waals surface area contributed by atoms with Crippen LogP contribution in [0.2, 0.25) is 8.87 Å². The first-order chi connectivity index (χ1) is 20.4. The first kappa shape index (κ1) is 47.8. The number of rotatable bonds is 26. The third-order valence-corrected chi connectivity index (χ3v) is 12.7. The Balaban J connectivity index is -0.000000586. The minimum atomic E-state index is -1.14. The van der Waals surface area contributed by atoms with Gasteiger partial charge in [-0.25, -0.2) is 0 Å². The molecule has 0 aliphatic heterocycles. The quantitative estimate of drug-likeness (QED) is 0.0539. The molecule has 2 unspecified atom stereocenters. The summed E-state index contributed by atoms with van der Waals surface area (Å²) in [6.45, 7) is 17.3. The van der Waals surface area contributed by atoms with E-state index in [0.717, 1.165) is 77.0 Å². The van der Waals surface area contributed by atoms with Gasteiger partial charge in [0.2, 0.25) is 0 Å². The van der Waals surface area contributed by atoms with Gasteiger partial charge in [0.1, 0.15) is 12.2 Å². The number of carbonyl (C=O) groups excluding carboxylic acids is 2. The van der Waals surface area contributed by atoms with Crippen LogP contribution in [0.5, 0.6) is 0 Å². The topological polar surface area (TPSA) is 98.7 Å². The maximum atomic E-state index is 11.2. The van der Waals surface area contributed by atoms with E-state index >= 15 is 0 Å². The SMILES string of the molecule is CCCCC(S)(CCCC)C(OCC)C(=O)[O-].CCCCC(S)(CCCC)C(OCC)C(=O)[O-].CCC[CH2][Sn+2][CH2]CCC. The molecule has 0 aliphatic rings. The molecular weight excluding hydrogens is 687 g/mol. The molecule has 0 aromatic rings. The van der Waals surface area contributed by atoms with Crippen LogP contribution < -0.4 is 10.2 Å². The summed E-state index contributed by atoms with van der Waals surface area (Å²) < 4.78 is 12.7. The molecule has 0 bridgehead atoms. The van der Waals surface area contributed by atoms with Crippen molar-refractivity contribution >= 4 is 58.3 Å². The van der Waals surface area contributed by atoms with Crippen molar-refractivity contribution < 1.29 is 29.3 Å². The second-order valence-corrected chi connectivity index (χ2v) is 17.4. The van der Waals surface area contributed by atoms with Crippen molar-refractivity contribution in [2.75, 3.05) is 13.2 Å². The van der Waals surface area contributed by atoms with Crippen LogP contribution in [0.1, 0.15) is 158 Å². The molecule has 2 atom stereocenters. The fourth-order valence-electron chi connectivity index (χ4n) is 4.65. The van der Waals surface area contributed by atoms with E-state index in [9.17, 15) is 19.8 Å². The zero-order valence-corrected chi connectivity index (χ0v) is 33.8. The molecule has 0 saturated heterocycles. The number of aliphatic carboxylic acids is 2. The Labute approximate surface area is 288 Å². The van der Waals surface area contributed by atoms with E-state index in [1.807, 2.05) is 0 Å². The van der Waals surface area contributed by atoms with Crippen molar-refractivity contribution in [2.24, 2.45) is 0 Å². The summed E-state index contributed by atoms with van der Waals surface area (Å²) in [7, 11) is 0. The van der Waals surface area contributed by atoms with Crippen LogP contribution in [0, 0.1) is 0 Å². The molecule has 0 heterocycles. The average molecular weight is 756 g/mol. The van der Waals surface area contributed by atoms with Gasteiger partial charge in [-0.05, 0) is 39.5 Å². The van der Waals surface area contributed by atoms with Crippen molar-refractivity contribution in [1.29, 1.82) is 0 Å². The molecule has 0 aromatic carbocycles. The summed E-state index contributed by atoms with van der Waals surface area (Å²) in [6, 6.07) is 0. The van der Waals surface area contributed by atoms with Gasteiger partial charge in [0.15, 0.2) is 0 Å². The van der Waals surface area contributed by atoms with Crippen LogP contribution >= 0.6 is 25.3 Å². The van der Waals surface area contributed by atoms with Crippen LogP contribution in [-0.2, 0) is 19.1 Å². The van der Waals surface area contributed by atoms with Gasteiger partial charge >= 0.3 is 69.5 Å². The van der Waals surface area contributed by atoms with Crippen molar-refractivity contribution in [1.82, 2.24) is 0 Å². The van der Waals surface area contributed by atoms with Crippen molar-refractivity contribution in [3.63, 3.8) is 0 Å². The zero-order chi connectivity index (χ0) is 33.6. The molecule has 0 aromatic heterocycles. The van der Waals surface area contributed by atoms with E-state index in [-0.39, 0.29) is 21.1 Å². The number of ether oxygens (including phenoxy) is 2. The van der Waals surface area contributed by atoms with E-state index in [4.69, 9.17) is 9.47 Å². The summed E-state index contributed by atoms with van der Waals surface area (Å²) in [5.74, 6) is -2.29. The maximum absolute atomic E-state index is 11.2. The molecule has 0 aliphatic carbocycles. The fraction of sp³-hybridized carbons (Fsp3) is 0.941. The number of carbonyl (C=O) groups is 2. The van der Waals surface area contributed by atoms with E-state index in [2.05, 4.69) is 66.8 Å². The normalized spacial score (nSPS) is 12.7. The van der Waals surface area contributed by atoms with Crippen LogP contribution in [0.15, 0.2) is 0 Å². The molecule has 0 fully saturated rings. The standard InChI is InChI=1S/2C13H26O3S.2C4H9.Sn/c2*1-4-7-9-13(17,10-8-5-2)11(12(14)15)16-6-3;2*1-3-4-2;/h2*11,17H,4-10H2,1-3H3,(H,14,15);2*1,3-4H2,2H3;/q;;;;+2/p-2. The first-order valence-electron chi connectivity index (χ1n) is 17.2. The van der Waals surface area contributed by atoms with Crippen molar-refractivity contribution in [3.05, 3.63) is 0 Å². The van der Waals surface area contributed by atoms with Gasteiger partial charge < -0.3 is 29.3 Å². The Bertz CT molecular complexity index is 570. The van der Waals surface area contributed by atoms with Crippen molar-refractivity contribution in [2.45, 2.75) is 189 Å². The summed E-state index contributed by atoms with van der Waals surface area (Å²) >= 11 is 9.37. The Hall–Kier alpha value is 0.359. The van der Waals surface area contributed by atoms with Crippen LogP contribution in [0.25, 0.3) is 0 Å². The molecule has 0 saturated carbocycles. The van der Waals surface area contributed by atoms with Gasteiger partial charge in [-0.2, -0.15) is 25.3 Å². The molecule has 0 amide bonds. The van der Waals surface area contributed by atoms with Gasteiger partial charge in [-0.1, -0.05) is 79.1 Å². The predicted molar refractivity (Wildman–Crippen MR) is 188 cm³/mol. The van der Waals surface area contributed by atoms with Gasteiger partial charge in [0, 0.05) is 22.7 Å². The monoisotopic (exact) mass is 756 g/mol. The summed E-state index contributed by atoms with van der Waals surface area (Å²) in [4.78, 5) is 22.4. The average Bonchev–Trinajstić information content (AvgIpc) is 2.98. The summed E-state index contributed by atoms with van der Waals surface area (Å²) in [5.41, 5.74) is 0. The van der Waals surface area contributed by atoms with Gasteiger partial charge in [-0.15, -0.1) is 0 Å². The molecule has 9 heteroatoms. The summed E-state index contributed by atoms with van der Waals surface area (Å²) in [6.07, 6.45) is 15.0. The second kappa shape index (κ2) is 32.3. The van der Waals surface area contributed by atoms with Crippen molar-refractivity contribution in [3.8, 4) is 0 Å². The Morgan fingerprint density at radius 1 is 0.558 bits per heavy atom. The first-order valence-corrected chi connectivity index (χ1v) is 22.2. The third kappa shape index (κ3) is 25.2. The number of carboxylic acid groups (broad SMARTS) is 2. The van der Waals surface area contributed by atoms with E-state index in [1.165, 1.54) is 25.7 Å². The van der Waals surface area contributed by atoms with Gasteiger partial charge in [0.05, 0.1) is 11.9 Å². The molecule has 6 nitrogen and oxygen atoms in total. The second-order valence-electron chi connectivity index (χ2n) is 11.4. The Morgan fingerprint density at radius 2 is 0.814 bits per heavy atom. The Morgan fingerprint density at radius 3 is 1.00 bits per heavy atom. The molecule has 43 heavy (non-hydrogen) atoms. The number of hydrogen-bond acceptors (Lipinski definition) is 8. The zero-order valence-electron chi connectivity index (χ0n) is 29.1. The minimum absolute atomic E-state index is 0.149. The number of thiol groups is 2. The molecular formula is C34H68O6S2Sn.